The summed E-state index contributed by atoms with van der Waals surface area (Å²) < 4.78 is 0. The molecule has 1 aromatic carbocycles. The average Bonchev–Trinajstić information content (AvgIpc) is 2.86. The molecule has 1 aliphatic rings. The number of unbranched alkanes of at least 4 members (excludes halogenated alkanes) is 2. The molecule has 0 spiro atoms. The van der Waals surface area contributed by atoms with Crippen molar-refractivity contribution in [3.8, 4) is 0 Å². The Morgan fingerprint density at radius 2 is 1.74 bits per heavy atom. The number of carbonyl (C=O) groups is 1. The Morgan fingerprint density at radius 1 is 1.13 bits per heavy atom. The third kappa shape index (κ3) is 5.13. The second-order valence-electron chi connectivity index (χ2n) is 5.68. The molecular formula is C18H25N3OS. The van der Waals surface area contributed by atoms with Gasteiger partial charge in [-0.1, -0.05) is 38.8 Å². The summed E-state index contributed by atoms with van der Waals surface area (Å²) in [5.74, 6) is -0.184. The molecule has 2 rings (SSSR count). The number of hydrogen-bond acceptors (Lipinski definition) is 4. The van der Waals surface area contributed by atoms with Gasteiger partial charge in [0.25, 0.3) is 5.91 Å². The molecule has 2 N–H and O–H groups in total. The van der Waals surface area contributed by atoms with Crippen LogP contribution in [-0.4, -0.2) is 24.2 Å². The molecule has 1 saturated heterocycles. The van der Waals surface area contributed by atoms with Gasteiger partial charge in [0.1, 0.15) is 0 Å². The minimum atomic E-state index is -0.184. The lowest BCUT2D eigenvalue weighted by Crippen LogP contribution is -2.25. The van der Waals surface area contributed by atoms with Gasteiger partial charge in [0, 0.05) is 18.8 Å². The Balaban J connectivity index is 2.08. The zero-order chi connectivity index (χ0) is 16.7. The first-order chi connectivity index (χ1) is 11.1. The molecule has 0 bridgehead atoms. The van der Waals surface area contributed by atoms with E-state index in [1.807, 2.05) is 18.2 Å². The van der Waals surface area contributed by atoms with E-state index in [0.717, 1.165) is 18.7 Å². The van der Waals surface area contributed by atoms with E-state index in [-0.39, 0.29) is 11.1 Å². The summed E-state index contributed by atoms with van der Waals surface area (Å²) in [5.41, 5.74) is 2.23. The molecule has 0 saturated carbocycles. The first-order valence-electron chi connectivity index (χ1n) is 8.28. The fourth-order valence-corrected chi connectivity index (χ4v) is 3.14. The van der Waals surface area contributed by atoms with Crippen molar-refractivity contribution >= 4 is 34.6 Å². The highest BCUT2D eigenvalue weighted by molar-refractivity contribution is 8.18. The largest absolute Gasteiger partial charge is 0.372 e. The van der Waals surface area contributed by atoms with Crippen LogP contribution in [0, 0.1) is 5.41 Å². The summed E-state index contributed by atoms with van der Waals surface area (Å²) in [6.07, 6.45) is 6.65. The average molecular weight is 331 g/mol. The lowest BCUT2D eigenvalue weighted by Gasteiger charge is -2.24. The summed E-state index contributed by atoms with van der Waals surface area (Å²) in [6, 6.07) is 8.34. The topological polar surface area (TPSA) is 56.2 Å². The Morgan fingerprint density at radius 3 is 2.22 bits per heavy atom. The number of nitrogens with zero attached hydrogens (tertiary/aromatic N) is 1. The third-order valence-electron chi connectivity index (χ3n) is 3.78. The van der Waals surface area contributed by atoms with E-state index in [1.54, 1.807) is 0 Å². The van der Waals surface area contributed by atoms with Gasteiger partial charge in [-0.25, -0.2) is 0 Å². The van der Waals surface area contributed by atoms with Gasteiger partial charge in [-0.3, -0.25) is 10.2 Å². The second-order valence-corrected chi connectivity index (χ2v) is 6.73. The minimum Gasteiger partial charge on any atom is -0.372 e. The van der Waals surface area contributed by atoms with E-state index in [0.29, 0.717) is 4.91 Å². The van der Waals surface area contributed by atoms with Crippen molar-refractivity contribution in [2.24, 2.45) is 0 Å². The molecular weight excluding hydrogens is 306 g/mol. The Kier molecular flexibility index (Phi) is 6.71. The predicted octanol–water partition coefficient (Wildman–Crippen LogP) is 4.23. The monoisotopic (exact) mass is 331 g/mol. The maximum absolute atomic E-state index is 11.7. The SMILES string of the molecule is CCCCN(CCCC)c1ccc(/C=C2\SC(=N)NC2=O)cc1. The number of hydrogen-bond donors (Lipinski definition) is 2. The molecule has 124 valence electrons. The molecule has 1 aromatic rings. The number of nitrogens with one attached hydrogen (secondary N) is 2. The van der Waals surface area contributed by atoms with Crippen LogP contribution in [0.15, 0.2) is 29.2 Å². The summed E-state index contributed by atoms with van der Waals surface area (Å²) in [5, 5.41) is 10.2. The van der Waals surface area contributed by atoms with Crippen molar-refractivity contribution in [1.82, 2.24) is 5.32 Å². The van der Waals surface area contributed by atoms with Crippen LogP contribution in [0.1, 0.15) is 45.1 Å². The van der Waals surface area contributed by atoms with Crippen LogP contribution < -0.4 is 10.2 Å². The van der Waals surface area contributed by atoms with Crippen LogP contribution in [-0.2, 0) is 4.79 Å². The van der Waals surface area contributed by atoms with Crippen LogP contribution in [0.2, 0.25) is 0 Å². The number of benzene rings is 1. The molecule has 5 heteroatoms. The number of anilines is 1. The van der Waals surface area contributed by atoms with Crippen LogP contribution in [0.4, 0.5) is 5.69 Å². The van der Waals surface area contributed by atoms with Crippen LogP contribution in [0.3, 0.4) is 0 Å². The molecule has 0 aromatic heterocycles. The van der Waals surface area contributed by atoms with Crippen molar-refractivity contribution < 1.29 is 4.79 Å². The van der Waals surface area contributed by atoms with Gasteiger partial charge < -0.3 is 10.2 Å². The summed E-state index contributed by atoms with van der Waals surface area (Å²) in [7, 11) is 0. The van der Waals surface area contributed by atoms with E-state index >= 15 is 0 Å². The molecule has 23 heavy (non-hydrogen) atoms. The van der Waals surface area contributed by atoms with Crippen molar-refractivity contribution in [3.63, 3.8) is 0 Å². The molecule has 4 nitrogen and oxygen atoms in total. The zero-order valence-electron chi connectivity index (χ0n) is 13.9. The maximum Gasteiger partial charge on any atom is 0.264 e. The zero-order valence-corrected chi connectivity index (χ0v) is 14.7. The number of rotatable bonds is 8. The Hall–Kier alpha value is -1.75. The summed E-state index contributed by atoms with van der Waals surface area (Å²) in [4.78, 5) is 14.7. The Labute approximate surface area is 142 Å². The van der Waals surface area contributed by atoms with Crippen molar-refractivity contribution in [3.05, 3.63) is 34.7 Å². The second kappa shape index (κ2) is 8.77. The molecule has 1 amide bonds. The Bertz CT molecular complexity index is 572. The van der Waals surface area contributed by atoms with E-state index in [1.165, 1.54) is 43.1 Å². The van der Waals surface area contributed by atoms with Crippen LogP contribution >= 0.6 is 11.8 Å². The normalized spacial score (nSPS) is 16.0. The standard InChI is InChI=1S/C18H25N3OS/c1-3-5-11-21(12-6-4-2)15-9-7-14(8-10-15)13-16-17(22)20-18(19)23-16/h7-10,13H,3-6,11-12H2,1-2H3,(H2,19,20,22)/b16-13-. The highest BCUT2D eigenvalue weighted by Crippen LogP contribution is 2.26. The molecule has 1 aliphatic heterocycles. The van der Waals surface area contributed by atoms with Gasteiger partial charge in [0.15, 0.2) is 5.17 Å². The lowest BCUT2D eigenvalue weighted by atomic mass is 10.1. The predicted molar refractivity (Wildman–Crippen MR) is 99.9 cm³/mol. The van der Waals surface area contributed by atoms with E-state index in [4.69, 9.17) is 5.41 Å². The van der Waals surface area contributed by atoms with Gasteiger partial charge in [0.05, 0.1) is 4.91 Å². The fourth-order valence-electron chi connectivity index (χ4n) is 2.44. The van der Waals surface area contributed by atoms with Crippen molar-refractivity contribution in [1.29, 1.82) is 5.41 Å². The van der Waals surface area contributed by atoms with Crippen molar-refractivity contribution in [2.75, 3.05) is 18.0 Å². The minimum absolute atomic E-state index is 0.184. The number of carbonyl (C=O) groups excluding carboxylic acids is 1. The van der Waals surface area contributed by atoms with E-state index < -0.39 is 0 Å². The van der Waals surface area contributed by atoms with Gasteiger partial charge in [0.2, 0.25) is 0 Å². The molecule has 1 fully saturated rings. The van der Waals surface area contributed by atoms with Gasteiger partial charge in [-0.15, -0.1) is 0 Å². The highest BCUT2D eigenvalue weighted by Gasteiger charge is 2.22. The van der Waals surface area contributed by atoms with Gasteiger partial charge >= 0.3 is 0 Å². The fraction of sp³-hybridized carbons (Fsp3) is 0.444. The smallest absolute Gasteiger partial charge is 0.264 e. The first-order valence-corrected chi connectivity index (χ1v) is 9.10. The van der Waals surface area contributed by atoms with Gasteiger partial charge in [-0.2, -0.15) is 0 Å². The quantitative estimate of drug-likeness (QED) is 0.701. The highest BCUT2D eigenvalue weighted by atomic mass is 32.2. The molecule has 0 atom stereocenters. The number of amides is 1. The lowest BCUT2D eigenvalue weighted by molar-refractivity contribution is -0.115. The maximum atomic E-state index is 11.7. The summed E-state index contributed by atoms with van der Waals surface area (Å²) in [6.45, 7) is 6.61. The molecule has 0 unspecified atom stereocenters. The first kappa shape index (κ1) is 17.6. The third-order valence-corrected chi connectivity index (χ3v) is 4.61. The molecule has 0 aliphatic carbocycles. The number of thioether (sulfide) groups is 1. The van der Waals surface area contributed by atoms with Gasteiger partial charge in [-0.05, 0) is 48.4 Å². The van der Waals surface area contributed by atoms with E-state index in [2.05, 4.69) is 36.2 Å². The number of amidine groups is 1. The molecule has 1 heterocycles. The van der Waals surface area contributed by atoms with Crippen molar-refractivity contribution in [2.45, 2.75) is 39.5 Å². The van der Waals surface area contributed by atoms with Crippen LogP contribution in [0.25, 0.3) is 6.08 Å². The van der Waals surface area contributed by atoms with E-state index in [9.17, 15) is 4.79 Å². The molecule has 0 radical (unpaired) electrons. The summed E-state index contributed by atoms with van der Waals surface area (Å²) >= 11 is 1.17. The van der Waals surface area contributed by atoms with Crippen LogP contribution in [0.5, 0.6) is 0 Å².